The molecule has 0 aromatic heterocycles. The van der Waals surface area contributed by atoms with Crippen LogP contribution in [0, 0.1) is 5.92 Å². The van der Waals surface area contributed by atoms with Crippen LogP contribution in [0.2, 0.25) is 0 Å². The summed E-state index contributed by atoms with van der Waals surface area (Å²) in [5.74, 6) is 0.942. The molecule has 0 aliphatic carbocycles. The average Bonchev–Trinajstić information content (AvgIpc) is 2.50. The summed E-state index contributed by atoms with van der Waals surface area (Å²) in [6.45, 7) is 9.34. The SMILES string of the molecule is CCCCCCC(CCCC)C(P)(CCCC)CCCC.Cl. The number of hydrogen-bond acceptors (Lipinski definition) is 0. The largest absolute Gasteiger partial charge is 0.147 e. The van der Waals surface area contributed by atoms with E-state index in [2.05, 4.69) is 36.9 Å². The second kappa shape index (κ2) is 16.6. The first-order valence-corrected chi connectivity index (χ1v) is 10.5. The van der Waals surface area contributed by atoms with Crippen molar-refractivity contribution in [2.24, 2.45) is 5.92 Å². The van der Waals surface area contributed by atoms with E-state index < -0.39 is 0 Å². The van der Waals surface area contributed by atoms with Gasteiger partial charge in [0.15, 0.2) is 0 Å². The molecular weight excluding hydrogens is 307 g/mol. The summed E-state index contributed by atoms with van der Waals surface area (Å²) in [4.78, 5) is 0. The molecule has 0 fully saturated rings. The lowest BCUT2D eigenvalue weighted by molar-refractivity contribution is 0.275. The first-order chi connectivity index (χ1) is 10.1. The topological polar surface area (TPSA) is 0 Å². The van der Waals surface area contributed by atoms with Gasteiger partial charge in [-0.15, -0.1) is 21.6 Å². The Morgan fingerprint density at radius 1 is 0.636 bits per heavy atom. The van der Waals surface area contributed by atoms with Crippen molar-refractivity contribution in [3.63, 3.8) is 0 Å². The van der Waals surface area contributed by atoms with Crippen LogP contribution >= 0.6 is 21.6 Å². The highest BCUT2D eigenvalue weighted by molar-refractivity contribution is 7.19. The molecule has 0 rings (SSSR count). The van der Waals surface area contributed by atoms with Crippen LogP contribution in [0.3, 0.4) is 0 Å². The molecule has 2 unspecified atom stereocenters. The van der Waals surface area contributed by atoms with Gasteiger partial charge in [-0.05, 0) is 36.8 Å². The normalized spacial score (nSPS) is 13.0. The van der Waals surface area contributed by atoms with E-state index in [0.717, 1.165) is 5.92 Å². The molecule has 0 radical (unpaired) electrons. The van der Waals surface area contributed by atoms with E-state index in [1.807, 2.05) is 0 Å². The zero-order valence-electron chi connectivity index (χ0n) is 16.0. The van der Waals surface area contributed by atoms with E-state index in [1.165, 1.54) is 89.9 Å². The Bertz CT molecular complexity index is 210. The molecule has 0 spiro atoms. The van der Waals surface area contributed by atoms with Gasteiger partial charge in [0, 0.05) is 0 Å². The van der Waals surface area contributed by atoms with Crippen molar-refractivity contribution < 1.29 is 0 Å². The smallest absolute Gasteiger partial charge is 0.0122 e. The minimum absolute atomic E-state index is 0. The van der Waals surface area contributed by atoms with E-state index in [1.54, 1.807) is 0 Å². The van der Waals surface area contributed by atoms with Crippen molar-refractivity contribution in [1.29, 1.82) is 0 Å². The van der Waals surface area contributed by atoms with Crippen molar-refractivity contribution in [3.8, 4) is 0 Å². The van der Waals surface area contributed by atoms with Crippen molar-refractivity contribution >= 4 is 21.6 Å². The maximum atomic E-state index is 3.35. The quantitative estimate of drug-likeness (QED) is 0.206. The molecule has 22 heavy (non-hydrogen) atoms. The van der Waals surface area contributed by atoms with Crippen LogP contribution < -0.4 is 0 Å². The summed E-state index contributed by atoms with van der Waals surface area (Å²) in [7, 11) is 3.35. The molecule has 2 atom stereocenters. The Morgan fingerprint density at radius 3 is 1.55 bits per heavy atom. The third kappa shape index (κ3) is 11.3. The van der Waals surface area contributed by atoms with Gasteiger partial charge in [-0.1, -0.05) is 91.9 Å². The highest BCUT2D eigenvalue weighted by Gasteiger charge is 2.32. The Morgan fingerprint density at radius 2 is 1.09 bits per heavy atom. The number of unbranched alkanes of at least 4 members (excludes halogenated alkanes) is 6. The molecule has 0 aliphatic rings. The van der Waals surface area contributed by atoms with Crippen LogP contribution in [0.25, 0.3) is 0 Å². The van der Waals surface area contributed by atoms with Crippen molar-refractivity contribution in [2.45, 2.75) is 123 Å². The molecule has 0 aromatic rings. The molecule has 0 saturated heterocycles. The Hall–Kier alpha value is 0.720. The summed E-state index contributed by atoms with van der Waals surface area (Å²) in [6, 6.07) is 0. The molecule has 0 heterocycles. The summed E-state index contributed by atoms with van der Waals surface area (Å²) in [5, 5.41) is 0.535. The summed E-state index contributed by atoms with van der Waals surface area (Å²) < 4.78 is 0. The predicted octanol–water partition coefficient (Wildman–Crippen LogP) is 8.18. The van der Waals surface area contributed by atoms with Crippen molar-refractivity contribution in [2.75, 3.05) is 0 Å². The van der Waals surface area contributed by atoms with Gasteiger partial charge < -0.3 is 0 Å². The van der Waals surface area contributed by atoms with E-state index in [9.17, 15) is 0 Å². The molecule has 136 valence electrons. The van der Waals surface area contributed by atoms with Crippen LogP contribution in [0.1, 0.15) is 118 Å². The van der Waals surface area contributed by atoms with Crippen LogP contribution in [0.4, 0.5) is 0 Å². The summed E-state index contributed by atoms with van der Waals surface area (Å²) >= 11 is 0. The van der Waals surface area contributed by atoms with Crippen LogP contribution in [0.15, 0.2) is 0 Å². The number of hydrogen-bond donors (Lipinski definition) is 0. The fourth-order valence-corrected chi connectivity index (χ4v) is 4.27. The Kier molecular flexibility index (Phi) is 18.8. The van der Waals surface area contributed by atoms with Gasteiger partial charge in [0.2, 0.25) is 0 Å². The molecule has 2 heteroatoms. The highest BCUT2D eigenvalue weighted by atomic mass is 35.5. The highest BCUT2D eigenvalue weighted by Crippen LogP contribution is 2.43. The summed E-state index contributed by atoms with van der Waals surface area (Å²) in [6.07, 6.45) is 19.8. The second-order valence-corrected chi connectivity index (χ2v) is 8.28. The minimum atomic E-state index is 0. The first kappa shape index (κ1) is 25.0. The standard InChI is InChI=1S/C20H43P.ClH/c1-5-9-13-14-16-19(15-10-6-2)20(21,17-11-7-3)18-12-8-4;/h19H,5-18,21H2,1-4H3;1H. The third-order valence-corrected chi connectivity index (χ3v) is 6.17. The summed E-state index contributed by atoms with van der Waals surface area (Å²) in [5.41, 5.74) is 0. The van der Waals surface area contributed by atoms with E-state index in [0.29, 0.717) is 5.16 Å². The fourth-order valence-electron chi connectivity index (χ4n) is 3.53. The van der Waals surface area contributed by atoms with Crippen LogP contribution in [0.5, 0.6) is 0 Å². The van der Waals surface area contributed by atoms with Crippen LogP contribution in [-0.2, 0) is 0 Å². The first-order valence-electron chi connectivity index (χ1n) is 9.93. The number of halogens is 1. The van der Waals surface area contributed by atoms with Gasteiger partial charge in [-0.3, -0.25) is 0 Å². The van der Waals surface area contributed by atoms with Gasteiger partial charge >= 0.3 is 0 Å². The van der Waals surface area contributed by atoms with Crippen LogP contribution in [-0.4, -0.2) is 5.16 Å². The second-order valence-electron chi connectivity index (χ2n) is 7.13. The van der Waals surface area contributed by atoms with Crippen molar-refractivity contribution in [1.82, 2.24) is 0 Å². The van der Waals surface area contributed by atoms with E-state index >= 15 is 0 Å². The minimum Gasteiger partial charge on any atom is -0.147 e. The lowest BCUT2D eigenvalue weighted by atomic mass is 9.77. The molecular formula is C20H44ClP. The third-order valence-electron chi connectivity index (χ3n) is 5.12. The maximum Gasteiger partial charge on any atom is -0.0122 e. The molecule has 0 nitrogen and oxygen atoms in total. The maximum absolute atomic E-state index is 3.35. The van der Waals surface area contributed by atoms with Gasteiger partial charge in [-0.2, -0.15) is 0 Å². The lowest BCUT2D eigenvalue weighted by Crippen LogP contribution is -2.32. The molecule has 0 N–H and O–H groups in total. The average molecular weight is 351 g/mol. The zero-order valence-corrected chi connectivity index (χ0v) is 17.9. The van der Waals surface area contributed by atoms with Crippen molar-refractivity contribution in [3.05, 3.63) is 0 Å². The molecule has 0 aromatic carbocycles. The number of rotatable bonds is 15. The predicted molar refractivity (Wildman–Crippen MR) is 111 cm³/mol. The fraction of sp³-hybridized carbons (Fsp3) is 1.00. The van der Waals surface area contributed by atoms with Gasteiger partial charge in [0.25, 0.3) is 0 Å². The molecule has 0 amide bonds. The van der Waals surface area contributed by atoms with E-state index in [4.69, 9.17) is 0 Å². The molecule has 0 bridgehead atoms. The Labute approximate surface area is 150 Å². The van der Waals surface area contributed by atoms with E-state index in [-0.39, 0.29) is 12.4 Å². The van der Waals surface area contributed by atoms with Gasteiger partial charge in [0.1, 0.15) is 0 Å². The Balaban J connectivity index is 0. The zero-order chi connectivity index (χ0) is 16.0. The molecule has 0 saturated carbocycles. The monoisotopic (exact) mass is 350 g/mol. The lowest BCUT2D eigenvalue weighted by Gasteiger charge is -2.39. The molecule has 0 aliphatic heterocycles. The van der Waals surface area contributed by atoms with Gasteiger partial charge in [0.05, 0.1) is 0 Å². The van der Waals surface area contributed by atoms with Gasteiger partial charge in [-0.25, -0.2) is 0 Å².